The monoisotopic (exact) mass is 607 g/mol. The van der Waals surface area contributed by atoms with E-state index >= 15 is 0 Å². The maximum absolute atomic E-state index is 12.9. The van der Waals surface area contributed by atoms with Crippen LogP contribution in [0.15, 0.2) is 0 Å². The van der Waals surface area contributed by atoms with Crippen molar-refractivity contribution < 1.29 is 49.6 Å². The van der Waals surface area contributed by atoms with Crippen LogP contribution >= 0.6 is 0 Å². The average Bonchev–Trinajstić information content (AvgIpc) is 3.57. The molecule has 0 aromatic heterocycles. The summed E-state index contributed by atoms with van der Waals surface area (Å²) in [7, 11) is 0. The fourth-order valence-electron chi connectivity index (χ4n) is 6.25. The maximum Gasteiger partial charge on any atom is 0.253 e. The minimum atomic E-state index is -1.78. The van der Waals surface area contributed by atoms with Crippen LogP contribution in [0.3, 0.4) is 0 Å². The summed E-state index contributed by atoms with van der Waals surface area (Å²) < 4.78 is 17.8. The Morgan fingerprint density at radius 3 is 2.29 bits per heavy atom. The van der Waals surface area contributed by atoms with E-state index < -0.39 is 109 Å². The van der Waals surface area contributed by atoms with Crippen LogP contribution in [0.25, 0.3) is 0 Å². The van der Waals surface area contributed by atoms with Gasteiger partial charge >= 0.3 is 0 Å². The minimum absolute atomic E-state index is 0.0406. The van der Waals surface area contributed by atoms with Gasteiger partial charge in [0.1, 0.15) is 24.4 Å². The highest BCUT2D eigenvalue weighted by Crippen LogP contribution is 2.38. The molecule has 18 N–H and O–H groups in total. The summed E-state index contributed by atoms with van der Waals surface area (Å²) in [5, 5.41) is 69.3. The molecule has 17 nitrogen and oxygen atoms in total. The van der Waals surface area contributed by atoms with Gasteiger partial charge in [0.15, 0.2) is 11.9 Å². The molecule has 2 saturated carbocycles. The van der Waals surface area contributed by atoms with Gasteiger partial charge in [-0.3, -0.25) is 4.79 Å². The van der Waals surface area contributed by atoms with Gasteiger partial charge in [-0.2, -0.15) is 0 Å². The van der Waals surface area contributed by atoms with E-state index in [-0.39, 0.29) is 19.3 Å². The number of amides is 1. The van der Waals surface area contributed by atoms with E-state index in [9.17, 15) is 35.4 Å². The summed E-state index contributed by atoms with van der Waals surface area (Å²) in [6, 6.07) is -4.48. The molecule has 3 unspecified atom stereocenters. The molecule has 4 rings (SSSR count). The molecular weight excluding hydrogens is 558 g/mol. The number of rotatable bonds is 11. The third-order valence-electron chi connectivity index (χ3n) is 9.05. The molecule has 0 bridgehead atoms. The molecule has 4 fully saturated rings. The maximum atomic E-state index is 12.9. The number of nitrogens with one attached hydrogen (secondary N) is 2. The Kier molecular flexibility index (Phi) is 11.2. The molecule has 0 aromatic rings. The highest BCUT2D eigenvalue weighted by molar-refractivity contribution is 5.89. The van der Waals surface area contributed by atoms with E-state index in [1.165, 1.54) is 0 Å². The zero-order valence-corrected chi connectivity index (χ0v) is 23.5. The number of hydrogen-bond acceptors (Lipinski definition) is 16. The van der Waals surface area contributed by atoms with Crippen LogP contribution in [0, 0.1) is 5.92 Å². The molecular formula is C25H49N7O10. The van der Waals surface area contributed by atoms with Crippen molar-refractivity contribution in [2.75, 3.05) is 26.2 Å². The summed E-state index contributed by atoms with van der Waals surface area (Å²) in [5.74, 6) is -1.62. The molecule has 4 aliphatic rings. The second-order valence-corrected chi connectivity index (χ2v) is 12.1. The van der Waals surface area contributed by atoms with Crippen LogP contribution in [0.1, 0.15) is 25.7 Å². The van der Waals surface area contributed by atoms with Crippen LogP contribution in [-0.4, -0.2) is 154 Å². The minimum Gasteiger partial charge on any atom is -0.394 e. The van der Waals surface area contributed by atoms with Crippen LogP contribution in [0.2, 0.25) is 0 Å². The summed E-state index contributed by atoms with van der Waals surface area (Å²) in [4.78, 5) is 12.9. The van der Waals surface area contributed by atoms with Gasteiger partial charge in [-0.05, 0) is 32.4 Å². The number of carbonyl (C=O) groups excluding carboxylic acids is 1. The molecule has 17 heteroatoms. The fourth-order valence-corrected chi connectivity index (χ4v) is 6.25. The largest absolute Gasteiger partial charge is 0.394 e. The topological polar surface area (TPSA) is 320 Å². The van der Waals surface area contributed by atoms with Crippen molar-refractivity contribution in [1.82, 2.24) is 10.6 Å². The zero-order chi connectivity index (χ0) is 30.9. The standard InChI is InChI=1S/C25H49N7O10/c26-2-1-3-31-7-13-12(34)5-10(28)21(40-13)16-9(27)4-11(32-24(38)25(39)6-15(25)29)22(19(16)36)42-23-20(37)17(30)18(35)14(8-33)41-23/h9-23,31,33-37,39H,1-8,26-30H2,(H,32,38)/t9-,10+,11+,12-,13+,14+,15?,16?,17-,18+,19-,20+,21-,22-,23+,25?/m0/s1. The number of aliphatic hydroxyl groups excluding tert-OH is 5. The highest BCUT2D eigenvalue weighted by atomic mass is 16.7. The van der Waals surface area contributed by atoms with Gasteiger partial charge in [-0.15, -0.1) is 0 Å². The van der Waals surface area contributed by atoms with E-state index in [1.54, 1.807) is 0 Å². The van der Waals surface area contributed by atoms with Gasteiger partial charge in [0, 0.05) is 37.0 Å². The Labute approximate surface area is 244 Å². The van der Waals surface area contributed by atoms with Gasteiger partial charge in [0.2, 0.25) is 0 Å². The molecule has 2 saturated heterocycles. The Morgan fingerprint density at radius 1 is 0.976 bits per heavy atom. The lowest BCUT2D eigenvalue weighted by molar-refractivity contribution is -0.306. The van der Waals surface area contributed by atoms with Crippen molar-refractivity contribution in [1.29, 1.82) is 0 Å². The first kappa shape index (κ1) is 33.8. The molecule has 244 valence electrons. The molecule has 42 heavy (non-hydrogen) atoms. The van der Waals surface area contributed by atoms with Gasteiger partial charge < -0.3 is 84.2 Å². The van der Waals surface area contributed by atoms with E-state index in [1.807, 2.05) is 0 Å². The molecule has 0 radical (unpaired) electrons. The van der Waals surface area contributed by atoms with Crippen molar-refractivity contribution in [3.05, 3.63) is 0 Å². The first-order valence-electron chi connectivity index (χ1n) is 14.6. The number of aliphatic hydroxyl groups is 6. The van der Waals surface area contributed by atoms with Crippen molar-refractivity contribution in [2.24, 2.45) is 34.6 Å². The van der Waals surface area contributed by atoms with Crippen molar-refractivity contribution >= 4 is 5.91 Å². The normalized spacial score (nSPS) is 49.5. The first-order valence-corrected chi connectivity index (χ1v) is 14.6. The van der Waals surface area contributed by atoms with Crippen LogP contribution in [-0.2, 0) is 19.0 Å². The molecule has 2 aliphatic carbocycles. The molecule has 1 amide bonds. The van der Waals surface area contributed by atoms with Gasteiger partial charge in [-0.1, -0.05) is 0 Å². The summed E-state index contributed by atoms with van der Waals surface area (Å²) in [6.45, 7) is 0.808. The smallest absolute Gasteiger partial charge is 0.253 e. The Morgan fingerprint density at radius 2 is 1.67 bits per heavy atom. The third kappa shape index (κ3) is 6.90. The number of hydrogen-bond donors (Lipinski definition) is 13. The average molecular weight is 608 g/mol. The predicted molar refractivity (Wildman–Crippen MR) is 146 cm³/mol. The molecule has 2 aliphatic heterocycles. The quantitative estimate of drug-likeness (QED) is 0.0970. The zero-order valence-electron chi connectivity index (χ0n) is 23.5. The second kappa shape index (κ2) is 13.9. The Bertz CT molecular complexity index is 910. The number of carbonyl (C=O) groups is 1. The van der Waals surface area contributed by atoms with Crippen LogP contribution in [0.5, 0.6) is 0 Å². The Hall–Kier alpha value is -1.13. The van der Waals surface area contributed by atoms with E-state index in [0.717, 1.165) is 6.42 Å². The molecule has 2 heterocycles. The van der Waals surface area contributed by atoms with E-state index in [0.29, 0.717) is 19.6 Å². The van der Waals surface area contributed by atoms with Gasteiger partial charge in [0.25, 0.3) is 5.91 Å². The van der Waals surface area contributed by atoms with Crippen molar-refractivity contribution in [3.63, 3.8) is 0 Å². The van der Waals surface area contributed by atoms with E-state index in [4.69, 9.17) is 42.9 Å². The molecule has 16 atom stereocenters. The Balaban J connectivity index is 1.56. The van der Waals surface area contributed by atoms with Gasteiger partial charge in [0.05, 0.1) is 43.1 Å². The summed E-state index contributed by atoms with van der Waals surface area (Å²) in [5.41, 5.74) is 28.4. The molecule has 0 spiro atoms. The predicted octanol–water partition coefficient (Wildman–Crippen LogP) is -7.42. The SMILES string of the molecule is NCCCNC[C@H]1O[C@H](C2[C@@H](N)C[C@@H](NC(=O)C3(O)CC3N)[C@H](O[C@H]3O[C@H](CO)[C@@H](O)[C@H](N)[C@H]3O)[C@H]2O)[C@H](N)C[C@@H]1O. The van der Waals surface area contributed by atoms with E-state index in [2.05, 4.69) is 10.6 Å². The highest BCUT2D eigenvalue weighted by Gasteiger charge is 2.59. The lowest BCUT2D eigenvalue weighted by atomic mass is 9.72. The lowest BCUT2D eigenvalue weighted by Gasteiger charge is -2.51. The fraction of sp³-hybridized carbons (Fsp3) is 0.960. The number of nitrogens with two attached hydrogens (primary N) is 5. The summed E-state index contributed by atoms with van der Waals surface area (Å²) in [6.07, 6.45) is -9.73. The van der Waals surface area contributed by atoms with Crippen LogP contribution in [0.4, 0.5) is 0 Å². The first-order chi connectivity index (χ1) is 19.8. The second-order valence-electron chi connectivity index (χ2n) is 12.1. The van der Waals surface area contributed by atoms with Gasteiger partial charge in [-0.25, -0.2) is 0 Å². The summed E-state index contributed by atoms with van der Waals surface area (Å²) >= 11 is 0. The number of ether oxygens (including phenoxy) is 3. The van der Waals surface area contributed by atoms with Crippen LogP contribution < -0.4 is 39.3 Å². The lowest BCUT2D eigenvalue weighted by Crippen LogP contribution is -2.70. The van der Waals surface area contributed by atoms with Crippen molar-refractivity contribution in [3.8, 4) is 0 Å². The molecule has 0 aromatic carbocycles. The van der Waals surface area contributed by atoms with Crippen molar-refractivity contribution in [2.45, 2.75) is 117 Å². The third-order valence-corrected chi connectivity index (χ3v) is 9.05.